The third kappa shape index (κ3) is 4.36. The first-order chi connectivity index (χ1) is 7.45. The Morgan fingerprint density at radius 3 is 2.56 bits per heavy atom. The van der Waals surface area contributed by atoms with Gasteiger partial charge < -0.3 is 10.1 Å². The van der Waals surface area contributed by atoms with Gasteiger partial charge in [-0.15, -0.1) is 0 Å². The van der Waals surface area contributed by atoms with E-state index in [4.69, 9.17) is 0 Å². The van der Waals surface area contributed by atoms with Gasteiger partial charge in [0.25, 0.3) is 0 Å². The van der Waals surface area contributed by atoms with E-state index in [1.807, 2.05) is 0 Å². The predicted octanol–water partition coefficient (Wildman–Crippen LogP) is 0.157. The zero-order valence-electron chi connectivity index (χ0n) is 9.60. The molecule has 0 aromatic heterocycles. The molecular weight excluding hydrogens is 232 g/mol. The minimum atomic E-state index is -3.17. The summed E-state index contributed by atoms with van der Waals surface area (Å²) in [7, 11) is -3.17. The first-order valence-corrected chi connectivity index (χ1v) is 7.17. The summed E-state index contributed by atoms with van der Waals surface area (Å²) in [6, 6.07) is 0.124. The van der Waals surface area contributed by atoms with E-state index < -0.39 is 16.1 Å². The molecule has 94 valence electrons. The average Bonchev–Trinajstić information content (AvgIpc) is 2.94. The van der Waals surface area contributed by atoms with Crippen LogP contribution < -0.4 is 5.32 Å². The lowest BCUT2D eigenvalue weighted by Gasteiger charge is -2.19. The van der Waals surface area contributed by atoms with Crippen LogP contribution in [0.3, 0.4) is 0 Å². The smallest absolute Gasteiger partial charge is 0.407 e. The summed E-state index contributed by atoms with van der Waals surface area (Å²) in [6.07, 6.45) is 2.50. The monoisotopic (exact) mass is 250 g/mol. The fourth-order valence-corrected chi connectivity index (χ4v) is 2.61. The van der Waals surface area contributed by atoms with Gasteiger partial charge in [-0.2, -0.15) is 4.31 Å². The van der Waals surface area contributed by atoms with Crippen molar-refractivity contribution in [2.45, 2.75) is 25.8 Å². The molecule has 1 N–H and O–H groups in total. The molecule has 0 aliphatic heterocycles. The zero-order valence-corrected chi connectivity index (χ0v) is 10.4. The third-order valence-corrected chi connectivity index (χ3v) is 3.59. The van der Waals surface area contributed by atoms with E-state index in [-0.39, 0.29) is 12.6 Å². The summed E-state index contributed by atoms with van der Waals surface area (Å²) in [4.78, 5) is 11.0. The molecule has 7 heteroatoms. The number of alkyl carbamates (subject to hydrolysis) is 1. The van der Waals surface area contributed by atoms with Crippen LogP contribution in [0.5, 0.6) is 0 Å². The van der Waals surface area contributed by atoms with E-state index in [1.165, 1.54) is 10.6 Å². The number of carbonyl (C=O) groups is 1. The van der Waals surface area contributed by atoms with Crippen LogP contribution in [0.15, 0.2) is 0 Å². The summed E-state index contributed by atoms with van der Waals surface area (Å²) in [6.45, 7) is 2.61. The van der Waals surface area contributed by atoms with Gasteiger partial charge in [-0.3, -0.25) is 0 Å². The van der Waals surface area contributed by atoms with Gasteiger partial charge in [0, 0.05) is 19.1 Å². The zero-order chi connectivity index (χ0) is 12.2. The molecule has 16 heavy (non-hydrogen) atoms. The molecular formula is C9H18N2O4S. The van der Waals surface area contributed by atoms with Crippen LogP contribution in [0.4, 0.5) is 4.79 Å². The van der Waals surface area contributed by atoms with Gasteiger partial charge in [-0.05, 0) is 19.8 Å². The molecule has 1 fully saturated rings. The van der Waals surface area contributed by atoms with Crippen LogP contribution in [-0.4, -0.2) is 50.8 Å². The van der Waals surface area contributed by atoms with Gasteiger partial charge in [-0.25, -0.2) is 13.2 Å². The maximum Gasteiger partial charge on any atom is 0.407 e. The molecule has 1 aliphatic carbocycles. The fourth-order valence-electron chi connectivity index (χ4n) is 1.43. The summed E-state index contributed by atoms with van der Waals surface area (Å²) >= 11 is 0. The number of hydrogen-bond donors (Lipinski definition) is 1. The van der Waals surface area contributed by atoms with Crippen LogP contribution in [-0.2, 0) is 14.8 Å². The highest BCUT2D eigenvalue weighted by molar-refractivity contribution is 7.88. The Hall–Kier alpha value is -0.820. The molecule has 0 aromatic rings. The largest absolute Gasteiger partial charge is 0.450 e. The van der Waals surface area contributed by atoms with Crippen molar-refractivity contribution in [1.29, 1.82) is 0 Å². The Kier molecular flexibility index (Phi) is 4.55. The molecule has 0 aromatic carbocycles. The van der Waals surface area contributed by atoms with Crippen LogP contribution in [0.2, 0.25) is 0 Å². The number of sulfonamides is 1. The van der Waals surface area contributed by atoms with E-state index in [2.05, 4.69) is 10.1 Å². The van der Waals surface area contributed by atoms with Gasteiger partial charge in [0.15, 0.2) is 0 Å². The van der Waals surface area contributed by atoms with Crippen LogP contribution >= 0.6 is 0 Å². The molecule has 1 rings (SSSR count). The predicted molar refractivity (Wildman–Crippen MR) is 59.6 cm³/mol. The fraction of sp³-hybridized carbons (Fsp3) is 0.889. The normalized spacial score (nSPS) is 16.2. The van der Waals surface area contributed by atoms with Gasteiger partial charge in [0.2, 0.25) is 10.0 Å². The van der Waals surface area contributed by atoms with E-state index in [1.54, 1.807) is 6.92 Å². The maximum absolute atomic E-state index is 11.4. The van der Waals surface area contributed by atoms with E-state index in [9.17, 15) is 13.2 Å². The van der Waals surface area contributed by atoms with Crippen molar-refractivity contribution in [2.24, 2.45) is 0 Å². The molecule has 1 aliphatic rings. The number of amides is 1. The van der Waals surface area contributed by atoms with Gasteiger partial charge in [0.1, 0.15) is 0 Å². The van der Waals surface area contributed by atoms with Crippen molar-refractivity contribution < 1.29 is 17.9 Å². The minimum absolute atomic E-state index is 0.124. The SMILES string of the molecule is CCOC(=O)NCCN(C1CC1)S(C)(=O)=O. The quantitative estimate of drug-likeness (QED) is 0.728. The molecule has 0 bridgehead atoms. The Bertz CT molecular complexity index is 337. The van der Waals surface area contributed by atoms with Crippen LogP contribution in [0.1, 0.15) is 19.8 Å². The van der Waals surface area contributed by atoms with Crippen molar-refractivity contribution in [3.8, 4) is 0 Å². The molecule has 0 heterocycles. The lowest BCUT2D eigenvalue weighted by atomic mass is 10.5. The van der Waals surface area contributed by atoms with E-state index >= 15 is 0 Å². The second-order valence-electron chi connectivity index (χ2n) is 3.75. The van der Waals surface area contributed by atoms with Crippen molar-refractivity contribution >= 4 is 16.1 Å². The molecule has 0 saturated heterocycles. The highest BCUT2D eigenvalue weighted by Gasteiger charge is 2.34. The van der Waals surface area contributed by atoms with Gasteiger partial charge in [0.05, 0.1) is 12.9 Å². The minimum Gasteiger partial charge on any atom is -0.450 e. The standard InChI is InChI=1S/C9H18N2O4S/c1-3-15-9(12)10-6-7-11(8-4-5-8)16(2,13)14/h8H,3-7H2,1-2H3,(H,10,12). The molecule has 0 spiro atoms. The second kappa shape index (κ2) is 5.49. The first-order valence-electron chi connectivity index (χ1n) is 5.32. The lowest BCUT2D eigenvalue weighted by molar-refractivity contribution is 0.151. The van der Waals surface area contributed by atoms with Crippen LogP contribution in [0.25, 0.3) is 0 Å². The molecule has 0 radical (unpaired) electrons. The highest BCUT2D eigenvalue weighted by Crippen LogP contribution is 2.28. The van der Waals surface area contributed by atoms with Crippen molar-refractivity contribution in [3.63, 3.8) is 0 Å². The Balaban J connectivity index is 2.31. The molecule has 6 nitrogen and oxygen atoms in total. The first kappa shape index (κ1) is 13.2. The number of rotatable bonds is 6. The average molecular weight is 250 g/mol. The third-order valence-electron chi connectivity index (χ3n) is 2.26. The number of ether oxygens (including phenoxy) is 1. The lowest BCUT2D eigenvalue weighted by Crippen LogP contribution is -2.39. The van der Waals surface area contributed by atoms with Crippen molar-refractivity contribution in [3.05, 3.63) is 0 Å². The van der Waals surface area contributed by atoms with Crippen LogP contribution in [0, 0.1) is 0 Å². The van der Waals surface area contributed by atoms with Gasteiger partial charge >= 0.3 is 6.09 Å². The Morgan fingerprint density at radius 2 is 2.12 bits per heavy atom. The highest BCUT2D eigenvalue weighted by atomic mass is 32.2. The van der Waals surface area contributed by atoms with E-state index in [0.29, 0.717) is 13.2 Å². The summed E-state index contributed by atoms with van der Waals surface area (Å²) in [5.41, 5.74) is 0. The molecule has 0 unspecified atom stereocenters. The molecule has 1 saturated carbocycles. The maximum atomic E-state index is 11.4. The molecule has 0 atom stereocenters. The Morgan fingerprint density at radius 1 is 1.50 bits per heavy atom. The number of carbonyl (C=O) groups excluding carboxylic acids is 1. The van der Waals surface area contributed by atoms with Crippen molar-refractivity contribution in [1.82, 2.24) is 9.62 Å². The van der Waals surface area contributed by atoms with E-state index in [0.717, 1.165) is 12.8 Å². The topological polar surface area (TPSA) is 75.7 Å². The van der Waals surface area contributed by atoms with Gasteiger partial charge in [-0.1, -0.05) is 0 Å². The number of nitrogens with one attached hydrogen (secondary N) is 1. The molecule has 1 amide bonds. The summed E-state index contributed by atoms with van der Waals surface area (Å²) in [5, 5.41) is 2.50. The summed E-state index contributed by atoms with van der Waals surface area (Å²) < 4.78 is 28.9. The Labute approximate surface area is 96.0 Å². The number of hydrogen-bond acceptors (Lipinski definition) is 4. The second-order valence-corrected chi connectivity index (χ2v) is 5.69. The van der Waals surface area contributed by atoms with Crippen molar-refractivity contribution in [2.75, 3.05) is 26.0 Å². The number of nitrogens with zero attached hydrogens (tertiary/aromatic N) is 1. The summed E-state index contributed by atoms with van der Waals surface area (Å²) in [5.74, 6) is 0.